The zero-order valence-electron chi connectivity index (χ0n) is 9.66. The lowest BCUT2D eigenvalue weighted by atomic mass is 10.4. The summed E-state index contributed by atoms with van der Waals surface area (Å²) in [5, 5.41) is 3.86. The monoisotopic (exact) mass is 236 g/mol. The van der Waals surface area contributed by atoms with Crippen LogP contribution in [0.2, 0.25) is 0 Å². The molecule has 0 N–H and O–H groups in total. The van der Waals surface area contributed by atoms with Crippen molar-refractivity contribution in [3.8, 4) is 0 Å². The molecule has 0 amide bonds. The normalized spacial score (nSPS) is 17.4. The first-order valence-corrected chi connectivity index (χ1v) is 5.65. The van der Waals surface area contributed by atoms with Gasteiger partial charge in [0.1, 0.15) is 12.9 Å². The number of hydrogen-bond acceptors (Lipinski definition) is 6. The summed E-state index contributed by atoms with van der Waals surface area (Å²) in [5.74, 6) is 0. The van der Waals surface area contributed by atoms with Crippen LogP contribution in [-0.4, -0.2) is 60.5 Å². The average Bonchev–Trinajstić information content (AvgIpc) is 2.41. The van der Waals surface area contributed by atoms with Gasteiger partial charge in [-0.05, 0) is 0 Å². The van der Waals surface area contributed by atoms with E-state index in [0.717, 1.165) is 38.4 Å². The zero-order valence-corrected chi connectivity index (χ0v) is 9.66. The van der Waals surface area contributed by atoms with Crippen molar-refractivity contribution >= 4 is 6.21 Å². The Labute approximate surface area is 100 Å². The number of ether oxygens (including phenoxy) is 1. The number of aromatic nitrogens is 2. The van der Waals surface area contributed by atoms with Crippen molar-refractivity contribution in [3.63, 3.8) is 0 Å². The van der Waals surface area contributed by atoms with Crippen molar-refractivity contribution in [1.82, 2.24) is 14.9 Å². The number of hydrogen-bond donors (Lipinski definition) is 0. The largest absolute Gasteiger partial charge is 0.394 e. The summed E-state index contributed by atoms with van der Waals surface area (Å²) in [6.45, 7) is 5.03. The van der Waals surface area contributed by atoms with Crippen LogP contribution in [0, 0.1) is 0 Å². The van der Waals surface area contributed by atoms with Crippen molar-refractivity contribution in [2.75, 3.05) is 39.5 Å². The van der Waals surface area contributed by atoms with Crippen molar-refractivity contribution in [2.45, 2.75) is 0 Å². The van der Waals surface area contributed by atoms with Gasteiger partial charge in [0, 0.05) is 37.6 Å². The van der Waals surface area contributed by atoms with E-state index in [4.69, 9.17) is 9.57 Å². The van der Waals surface area contributed by atoms with Crippen LogP contribution >= 0.6 is 0 Å². The Bertz CT molecular complexity index is 339. The molecule has 0 saturated carbocycles. The highest BCUT2D eigenvalue weighted by Gasteiger charge is 2.09. The highest BCUT2D eigenvalue weighted by molar-refractivity contribution is 5.77. The van der Waals surface area contributed by atoms with Gasteiger partial charge in [-0.15, -0.1) is 0 Å². The summed E-state index contributed by atoms with van der Waals surface area (Å²) >= 11 is 0. The van der Waals surface area contributed by atoms with Gasteiger partial charge in [0.25, 0.3) is 0 Å². The summed E-state index contributed by atoms with van der Waals surface area (Å²) in [6, 6.07) is 0. The molecule has 0 bridgehead atoms. The van der Waals surface area contributed by atoms with E-state index in [1.54, 1.807) is 18.6 Å². The summed E-state index contributed by atoms with van der Waals surface area (Å²) < 4.78 is 5.26. The molecule has 1 fully saturated rings. The van der Waals surface area contributed by atoms with E-state index in [1.165, 1.54) is 6.33 Å². The van der Waals surface area contributed by atoms with Crippen molar-refractivity contribution in [3.05, 3.63) is 24.3 Å². The van der Waals surface area contributed by atoms with Crippen LogP contribution in [-0.2, 0) is 9.57 Å². The first-order valence-electron chi connectivity index (χ1n) is 5.65. The van der Waals surface area contributed by atoms with Crippen LogP contribution in [0.1, 0.15) is 5.56 Å². The van der Waals surface area contributed by atoms with Gasteiger partial charge < -0.3 is 9.57 Å². The van der Waals surface area contributed by atoms with Gasteiger partial charge in [-0.25, -0.2) is 9.97 Å². The van der Waals surface area contributed by atoms with Gasteiger partial charge in [-0.1, -0.05) is 5.16 Å². The molecule has 17 heavy (non-hydrogen) atoms. The van der Waals surface area contributed by atoms with Gasteiger partial charge in [0.15, 0.2) is 0 Å². The van der Waals surface area contributed by atoms with Crippen LogP contribution in [0.5, 0.6) is 0 Å². The average molecular weight is 236 g/mol. The molecule has 1 aromatic heterocycles. The number of rotatable bonds is 5. The molecule has 92 valence electrons. The van der Waals surface area contributed by atoms with Crippen LogP contribution in [0.4, 0.5) is 0 Å². The third-order valence-electron chi connectivity index (χ3n) is 2.46. The van der Waals surface area contributed by atoms with E-state index in [9.17, 15) is 0 Å². The van der Waals surface area contributed by atoms with Gasteiger partial charge in [-0.3, -0.25) is 4.90 Å². The molecule has 0 spiro atoms. The predicted molar refractivity (Wildman–Crippen MR) is 62.8 cm³/mol. The smallest absolute Gasteiger partial charge is 0.129 e. The molecule has 2 rings (SSSR count). The van der Waals surface area contributed by atoms with Crippen LogP contribution in [0.15, 0.2) is 23.9 Å². The SMILES string of the molecule is C(=NOCCN1CCOCC1)c1cncnc1. The second-order valence-electron chi connectivity index (χ2n) is 3.69. The maximum atomic E-state index is 5.26. The van der Waals surface area contributed by atoms with E-state index < -0.39 is 0 Å². The highest BCUT2D eigenvalue weighted by atomic mass is 16.6. The lowest BCUT2D eigenvalue weighted by Crippen LogP contribution is -2.38. The molecule has 0 unspecified atom stereocenters. The number of morpholine rings is 1. The first-order chi connectivity index (χ1) is 8.45. The minimum atomic E-state index is 0.587. The van der Waals surface area contributed by atoms with E-state index in [2.05, 4.69) is 20.0 Å². The van der Waals surface area contributed by atoms with Gasteiger partial charge >= 0.3 is 0 Å². The molecule has 1 aliphatic rings. The van der Waals surface area contributed by atoms with Crippen LogP contribution < -0.4 is 0 Å². The molecule has 6 heteroatoms. The lowest BCUT2D eigenvalue weighted by molar-refractivity contribution is 0.0214. The van der Waals surface area contributed by atoms with E-state index in [-0.39, 0.29) is 0 Å². The molecule has 0 aliphatic carbocycles. The maximum Gasteiger partial charge on any atom is 0.129 e. The minimum absolute atomic E-state index is 0.587. The molecule has 0 radical (unpaired) electrons. The van der Waals surface area contributed by atoms with Crippen molar-refractivity contribution in [1.29, 1.82) is 0 Å². The number of oxime groups is 1. The predicted octanol–water partition coefficient (Wildman–Crippen LogP) is 0.159. The molecule has 0 aromatic carbocycles. The Kier molecular flexibility index (Phi) is 4.86. The van der Waals surface area contributed by atoms with Crippen molar-refractivity contribution in [2.24, 2.45) is 5.16 Å². The topological polar surface area (TPSA) is 59.8 Å². The second kappa shape index (κ2) is 6.93. The molecule has 1 aromatic rings. The Morgan fingerprint density at radius 1 is 1.35 bits per heavy atom. The van der Waals surface area contributed by atoms with Gasteiger partial charge in [0.05, 0.1) is 19.4 Å². The van der Waals surface area contributed by atoms with E-state index in [1.807, 2.05) is 0 Å². The first kappa shape index (κ1) is 11.9. The summed E-state index contributed by atoms with van der Waals surface area (Å²) in [7, 11) is 0. The lowest BCUT2D eigenvalue weighted by Gasteiger charge is -2.25. The van der Waals surface area contributed by atoms with E-state index in [0.29, 0.717) is 6.61 Å². The van der Waals surface area contributed by atoms with Crippen LogP contribution in [0.3, 0.4) is 0 Å². The molecule has 2 heterocycles. The number of nitrogens with zero attached hydrogens (tertiary/aromatic N) is 4. The Morgan fingerprint density at radius 3 is 2.88 bits per heavy atom. The maximum absolute atomic E-state index is 5.26. The Balaban J connectivity index is 1.61. The second-order valence-corrected chi connectivity index (χ2v) is 3.69. The fourth-order valence-corrected chi connectivity index (χ4v) is 1.52. The standard InChI is InChI=1S/C11H16N4O2/c1-4-16-5-2-15(1)3-6-17-14-9-11-7-12-10-13-8-11/h7-10H,1-6H2. The summed E-state index contributed by atoms with van der Waals surface area (Å²) in [6.07, 6.45) is 6.46. The van der Waals surface area contributed by atoms with Gasteiger partial charge in [0.2, 0.25) is 0 Å². The molecule has 1 aliphatic heterocycles. The Morgan fingerprint density at radius 2 is 2.12 bits per heavy atom. The molecule has 1 saturated heterocycles. The fourth-order valence-electron chi connectivity index (χ4n) is 1.52. The summed E-state index contributed by atoms with van der Waals surface area (Å²) in [5.41, 5.74) is 0.832. The minimum Gasteiger partial charge on any atom is -0.394 e. The van der Waals surface area contributed by atoms with Crippen molar-refractivity contribution < 1.29 is 9.57 Å². The zero-order chi connectivity index (χ0) is 11.8. The molecule has 0 atom stereocenters. The third-order valence-corrected chi connectivity index (χ3v) is 2.46. The molecule has 6 nitrogen and oxygen atoms in total. The van der Waals surface area contributed by atoms with E-state index >= 15 is 0 Å². The highest BCUT2D eigenvalue weighted by Crippen LogP contribution is 1.96. The van der Waals surface area contributed by atoms with Crippen LogP contribution in [0.25, 0.3) is 0 Å². The Hall–Kier alpha value is -1.53. The molecular weight excluding hydrogens is 220 g/mol. The fraction of sp³-hybridized carbons (Fsp3) is 0.545. The van der Waals surface area contributed by atoms with Gasteiger partial charge in [-0.2, -0.15) is 0 Å². The molecular formula is C11H16N4O2. The third kappa shape index (κ3) is 4.46. The summed E-state index contributed by atoms with van der Waals surface area (Å²) in [4.78, 5) is 15.2. The quantitative estimate of drug-likeness (QED) is 0.414.